The predicted molar refractivity (Wildman–Crippen MR) is 150 cm³/mol. The van der Waals surface area contributed by atoms with Crippen LogP contribution in [0.2, 0.25) is 0 Å². The molecule has 198 valence electrons. The Labute approximate surface area is 220 Å². The van der Waals surface area contributed by atoms with Crippen LogP contribution in [0.5, 0.6) is 5.75 Å². The molecule has 0 saturated carbocycles. The second kappa shape index (κ2) is 11.5. The molecular formula is C28H37N5O3S. The number of nitrogens with one attached hydrogen (secondary N) is 3. The summed E-state index contributed by atoms with van der Waals surface area (Å²) in [4.78, 5) is 7.34. The van der Waals surface area contributed by atoms with Crippen LogP contribution in [-0.2, 0) is 10.0 Å². The van der Waals surface area contributed by atoms with Gasteiger partial charge in [-0.25, -0.2) is 18.1 Å². The number of aryl methyl sites for hydroxylation is 1. The fourth-order valence-electron chi connectivity index (χ4n) is 4.15. The second-order valence-corrected chi connectivity index (χ2v) is 12.1. The molecule has 1 saturated heterocycles. The lowest BCUT2D eigenvalue weighted by Gasteiger charge is -2.20. The smallest absolute Gasteiger partial charge is 0.241 e. The van der Waals surface area contributed by atoms with E-state index in [1.54, 1.807) is 18.2 Å². The third-order valence-corrected chi connectivity index (χ3v) is 7.70. The molecule has 4 rings (SSSR count). The number of anilines is 4. The van der Waals surface area contributed by atoms with Gasteiger partial charge in [-0.1, -0.05) is 12.1 Å². The monoisotopic (exact) mass is 523 g/mol. The van der Waals surface area contributed by atoms with Gasteiger partial charge in [0.25, 0.3) is 0 Å². The average Bonchev–Trinajstić information content (AvgIpc) is 3.35. The van der Waals surface area contributed by atoms with Crippen LogP contribution in [0.3, 0.4) is 0 Å². The van der Waals surface area contributed by atoms with Gasteiger partial charge in [-0.3, -0.25) is 4.90 Å². The molecule has 1 aromatic heterocycles. The third-order valence-electron chi connectivity index (χ3n) is 5.95. The Morgan fingerprint density at radius 3 is 2.38 bits per heavy atom. The van der Waals surface area contributed by atoms with Crippen molar-refractivity contribution in [3.05, 3.63) is 66.2 Å². The topological polar surface area (TPSA) is 95.6 Å². The summed E-state index contributed by atoms with van der Waals surface area (Å²) in [5, 5.41) is 6.59. The Bertz CT molecular complexity index is 1300. The summed E-state index contributed by atoms with van der Waals surface area (Å²) in [7, 11) is -3.64. The normalized spacial score (nSPS) is 14.5. The molecule has 0 aliphatic carbocycles. The van der Waals surface area contributed by atoms with Gasteiger partial charge in [-0.15, -0.1) is 0 Å². The fourth-order valence-corrected chi connectivity index (χ4v) is 5.61. The summed E-state index contributed by atoms with van der Waals surface area (Å²) < 4.78 is 34.1. The van der Waals surface area contributed by atoms with E-state index >= 15 is 0 Å². The standard InChI is InChI=1S/C28H37N5O3S/c1-21-10-15-26(29-22-11-13-24(14-12-22)36-19-18-33-16-5-6-17-33)31-27(21)30-23-8-7-9-25(20-23)37(34,35)32-28(2,3)4/h7-15,20,32H,5-6,16-19H2,1-4H3,(H2,29,30,31). The van der Waals surface area contributed by atoms with E-state index in [4.69, 9.17) is 9.72 Å². The van der Waals surface area contributed by atoms with E-state index < -0.39 is 15.6 Å². The van der Waals surface area contributed by atoms with Crippen LogP contribution >= 0.6 is 0 Å². The predicted octanol–water partition coefficient (Wildman–Crippen LogP) is 5.43. The highest BCUT2D eigenvalue weighted by atomic mass is 32.2. The van der Waals surface area contributed by atoms with E-state index in [1.165, 1.54) is 25.9 Å². The van der Waals surface area contributed by atoms with Crippen molar-refractivity contribution >= 4 is 33.0 Å². The molecule has 2 heterocycles. The second-order valence-electron chi connectivity index (χ2n) is 10.4. The number of hydrogen-bond donors (Lipinski definition) is 3. The molecule has 37 heavy (non-hydrogen) atoms. The number of aromatic nitrogens is 1. The number of rotatable bonds is 10. The zero-order valence-electron chi connectivity index (χ0n) is 22.0. The molecule has 8 nitrogen and oxygen atoms in total. The van der Waals surface area contributed by atoms with Gasteiger partial charge >= 0.3 is 0 Å². The molecule has 1 aliphatic heterocycles. The number of ether oxygens (including phenoxy) is 1. The maximum atomic E-state index is 12.7. The molecular weight excluding hydrogens is 486 g/mol. The van der Waals surface area contributed by atoms with Crippen molar-refractivity contribution in [1.82, 2.24) is 14.6 Å². The summed E-state index contributed by atoms with van der Waals surface area (Å²) in [6, 6.07) is 18.5. The summed E-state index contributed by atoms with van der Waals surface area (Å²) in [6.45, 7) is 11.4. The minimum atomic E-state index is -3.64. The highest BCUT2D eigenvalue weighted by molar-refractivity contribution is 7.89. The number of sulfonamides is 1. The molecule has 0 spiro atoms. The summed E-state index contributed by atoms with van der Waals surface area (Å²) in [5.74, 6) is 2.17. The molecule has 0 amide bonds. The van der Waals surface area contributed by atoms with Crippen LogP contribution in [0.1, 0.15) is 39.2 Å². The SMILES string of the molecule is Cc1ccc(Nc2ccc(OCCN3CCCC3)cc2)nc1Nc1cccc(S(=O)(=O)NC(C)(C)C)c1. The average molecular weight is 524 g/mol. The minimum Gasteiger partial charge on any atom is -0.492 e. The molecule has 1 aliphatic rings. The van der Waals surface area contributed by atoms with Crippen LogP contribution in [0.15, 0.2) is 65.6 Å². The highest BCUT2D eigenvalue weighted by Gasteiger charge is 2.22. The van der Waals surface area contributed by atoms with Crippen molar-refractivity contribution in [2.45, 2.75) is 51.0 Å². The Balaban J connectivity index is 1.39. The Kier molecular flexibility index (Phi) is 8.36. The van der Waals surface area contributed by atoms with E-state index in [1.807, 2.05) is 70.2 Å². The first kappa shape index (κ1) is 26.9. The van der Waals surface area contributed by atoms with Gasteiger partial charge in [0.15, 0.2) is 0 Å². The van der Waals surface area contributed by atoms with Gasteiger partial charge in [0.2, 0.25) is 10.0 Å². The van der Waals surface area contributed by atoms with Crippen LogP contribution in [0, 0.1) is 6.92 Å². The Morgan fingerprint density at radius 1 is 0.946 bits per heavy atom. The number of nitrogens with zero attached hydrogens (tertiary/aromatic N) is 2. The Hall–Kier alpha value is -3.14. The lowest BCUT2D eigenvalue weighted by atomic mass is 10.1. The maximum Gasteiger partial charge on any atom is 0.241 e. The zero-order chi connectivity index (χ0) is 26.5. The molecule has 9 heteroatoms. The quantitative estimate of drug-likeness (QED) is 0.326. The summed E-state index contributed by atoms with van der Waals surface area (Å²) in [5.41, 5.74) is 1.90. The van der Waals surface area contributed by atoms with Crippen molar-refractivity contribution in [2.24, 2.45) is 0 Å². The van der Waals surface area contributed by atoms with E-state index in [-0.39, 0.29) is 4.90 Å². The van der Waals surface area contributed by atoms with Crippen molar-refractivity contribution in [1.29, 1.82) is 0 Å². The highest BCUT2D eigenvalue weighted by Crippen LogP contribution is 2.25. The van der Waals surface area contributed by atoms with Gasteiger partial charge in [-0.2, -0.15) is 0 Å². The lowest BCUT2D eigenvalue weighted by molar-refractivity contribution is 0.238. The molecule has 3 N–H and O–H groups in total. The van der Waals surface area contributed by atoms with Crippen molar-refractivity contribution in [3.63, 3.8) is 0 Å². The first-order valence-corrected chi connectivity index (χ1v) is 14.2. The van der Waals surface area contributed by atoms with Crippen LogP contribution < -0.4 is 20.1 Å². The van der Waals surface area contributed by atoms with Crippen LogP contribution in [0.4, 0.5) is 23.0 Å². The minimum absolute atomic E-state index is 0.196. The first-order valence-electron chi connectivity index (χ1n) is 12.7. The molecule has 0 atom stereocenters. The zero-order valence-corrected chi connectivity index (χ0v) is 22.9. The number of likely N-dealkylation sites (tertiary alicyclic amines) is 1. The van der Waals surface area contributed by atoms with Crippen molar-refractivity contribution < 1.29 is 13.2 Å². The molecule has 0 radical (unpaired) electrons. The third kappa shape index (κ3) is 7.92. The van der Waals surface area contributed by atoms with E-state index in [9.17, 15) is 8.42 Å². The molecule has 0 bridgehead atoms. The van der Waals surface area contributed by atoms with Gasteiger partial charge in [0, 0.05) is 23.5 Å². The molecule has 3 aromatic rings. The maximum absolute atomic E-state index is 12.7. The lowest BCUT2D eigenvalue weighted by Crippen LogP contribution is -2.40. The van der Waals surface area contributed by atoms with Gasteiger partial charge < -0.3 is 15.4 Å². The van der Waals surface area contributed by atoms with Crippen molar-refractivity contribution in [2.75, 3.05) is 36.9 Å². The van der Waals surface area contributed by atoms with Crippen molar-refractivity contribution in [3.8, 4) is 5.75 Å². The fraction of sp³-hybridized carbons (Fsp3) is 0.393. The number of benzene rings is 2. The van der Waals surface area contributed by atoms with Crippen LogP contribution in [-0.4, -0.2) is 50.1 Å². The Morgan fingerprint density at radius 2 is 1.68 bits per heavy atom. The molecule has 1 fully saturated rings. The molecule has 0 unspecified atom stereocenters. The van der Waals surface area contributed by atoms with Gasteiger partial charge in [0.05, 0.1) is 4.90 Å². The van der Waals surface area contributed by atoms with E-state index in [2.05, 4.69) is 20.3 Å². The van der Waals surface area contributed by atoms with E-state index in [0.29, 0.717) is 23.9 Å². The van der Waals surface area contributed by atoms with Crippen LogP contribution in [0.25, 0.3) is 0 Å². The first-order chi connectivity index (χ1) is 17.6. The number of pyridine rings is 1. The largest absolute Gasteiger partial charge is 0.492 e. The molecule has 2 aromatic carbocycles. The number of hydrogen-bond acceptors (Lipinski definition) is 7. The van der Waals surface area contributed by atoms with E-state index in [0.717, 1.165) is 23.5 Å². The summed E-state index contributed by atoms with van der Waals surface area (Å²) in [6.07, 6.45) is 2.57. The van der Waals surface area contributed by atoms with Gasteiger partial charge in [-0.05, 0) is 108 Å². The van der Waals surface area contributed by atoms with Gasteiger partial charge in [0.1, 0.15) is 24.0 Å². The summed E-state index contributed by atoms with van der Waals surface area (Å²) >= 11 is 0.